The lowest BCUT2D eigenvalue weighted by atomic mass is 9.71. The predicted molar refractivity (Wildman–Crippen MR) is 276 cm³/mol. The van der Waals surface area contributed by atoms with Crippen molar-refractivity contribution >= 4 is 0 Å². The molecule has 0 N–H and O–H groups in total. The van der Waals surface area contributed by atoms with Crippen molar-refractivity contribution in [3.63, 3.8) is 0 Å². The first kappa shape index (κ1) is 49.1. The molecule has 0 saturated heterocycles. The molecule has 9 saturated carbocycles. The predicted octanol–water partition coefficient (Wildman–Crippen LogP) is 19.6. The van der Waals surface area contributed by atoms with Crippen LogP contribution in [0.4, 0.5) is 0 Å². The Kier molecular flexibility index (Phi) is 23.9. The Morgan fingerprint density at radius 3 is 0.683 bits per heavy atom. The Labute approximate surface area is 388 Å². The highest BCUT2D eigenvalue weighted by molar-refractivity contribution is 5.62. The second-order valence-electron chi connectivity index (χ2n) is 20.8. The Morgan fingerprint density at radius 1 is 0.254 bits per heavy atom. The average Bonchev–Trinajstić information content (AvgIpc) is 4.20. The maximum atomic E-state index is 2.41. The van der Waals surface area contributed by atoms with Gasteiger partial charge in [-0.25, -0.2) is 0 Å². The summed E-state index contributed by atoms with van der Waals surface area (Å²) in [6.45, 7) is 0. The molecule has 11 aliphatic rings. The number of allylic oxidation sites excluding steroid dienone is 2. The SMILES string of the molecule is C1=CC2CCC1CC2.C1CC2CCC1C2.C1CC2CCC1CC2.C1CCC1.C1CCCC1.C1CCCCC1.c1ccc(-c2ccccc2)cc1.c1ccc(Cc2ccccc2)cc1. The number of hydrogen-bond acceptors (Lipinski definition) is 0. The van der Waals surface area contributed by atoms with E-state index in [4.69, 9.17) is 0 Å². The maximum Gasteiger partial charge on any atom is -0.00258 e. The summed E-state index contributed by atoms with van der Waals surface area (Å²) < 4.78 is 0. The van der Waals surface area contributed by atoms with Crippen molar-refractivity contribution in [1.82, 2.24) is 0 Å². The van der Waals surface area contributed by atoms with Crippen LogP contribution in [0.25, 0.3) is 11.1 Å². The third kappa shape index (κ3) is 20.6. The molecule has 0 heterocycles. The largest absolute Gasteiger partial charge is 0.0851 e. The van der Waals surface area contributed by atoms with Crippen LogP contribution >= 0.6 is 0 Å². The van der Waals surface area contributed by atoms with Gasteiger partial charge in [-0.1, -0.05) is 294 Å². The molecule has 63 heavy (non-hydrogen) atoms. The molecule has 0 unspecified atom stereocenters. The Bertz CT molecular complexity index is 1510. The van der Waals surface area contributed by atoms with Gasteiger partial charge in [-0.15, -0.1) is 0 Å². The fraction of sp³-hybridized carbons (Fsp3) is 0.587. The molecule has 0 atom stereocenters. The van der Waals surface area contributed by atoms with Crippen LogP contribution in [-0.4, -0.2) is 0 Å². The van der Waals surface area contributed by atoms with Crippen molar-refractivity contribution in [2.75, 3.05) is 0 Å². The molecule has 0 heteroatoms. The van der Waals surface area contributed by atoms with Crippen LogP contribution < -0.4 is 0 Å². The van der Waals surface area contributed by atoms with E-state index in [1.165, 1.54) is 156 Å². The maximum absolute atomic E-state index is 2.41. The zero-order valence-electron chi connectivity index (χ0n) is 40.1. The normalized spacial score (nSPS) is 26.1. The molecule has 0 nitrogen and oxygen atoms in total. The Hall–Kier alpha value is -3.38. The van der Waals surface area contributed by atoms with Crippen molar-refractivity contribution in [2.24, 2.45) is 35.5 Å². The van der Waals surface area contributed by atoms with E-state index in [0.29, 0.717) is 0 Å². The zero-order valence-corrected chi connectivity index (χ0v) is 40.1. The van der Waals surface area contributed by atoms with Crippen LogP contribution in [0.15, 0.2) is 133 Å². The molecule has 11 aliphatic carbocycles. The molecule has 6 bridgehead atoms. The molecular formula is C63H90. The van der Waals surface area contributed by atoms with E-state index < -0.39 is 0 Å². The van der Waals surface area contributed by atoms with Crippen molar-refractivity contribution in [2.45, 2.75) is 199 Å². The van der Waals surface area contributed by atoms with Crippen LogP contribution in [0.3, 0.4) is 0 Å². The highest BCUT2D eigenvalue weighted by atomic mass is 14.4. The second-order valence-corrected chi connectivity index (χ2v) is 20.8. The molecule has 0 amide bonds. The van der Waals surface area contributed by atoms with E-state index in [1.807, 2.05) is 12.1 Å². The van der Waals surface area contributed by atoms with Gasteiger partial charge in [0, 0.05) is 0 Å². The minimum atomic E-state index is 0.972. The average molecular weight is 847 g/mol. The van der Waals surface area contributed by atoms with Gasteiger partial charge in [0.2, 0.25) is 0 Å². The van der Waals surface area contributed by atoms with Gasteiger partial charge in [-0.05, 0) is 96.3 Å². The lowest BCUT2D eigenvalue weighted by Gasteiger charge is -2.35. The van der Waals surface area contributed by atoms with E-state index in [0.717, 1.165) is 30.1 Å². The fourth-order valence-corrected chi connectivity index (χ4v) is 11.2. The standard InChI is InChI=1S/C13H12.C12H10.C8H14.C8H12.C7H12.C6H12.C5H10.C4H8/c1-3-7-12(8-4-1)11-13-9-5-2-6-10-13;1-3-7-11(8-4-1)12-9-5-2-6-10-12;2*1-2-8-5-3-7(1)4-6-8;1-2-7-4-3-6(1)5-7;1-2-4-6-5-3-1;1-2-4-5-3-1;1-2-4-3-1/h1-10H,11H2;1-10H;7-8H,1-6H2;1-2,7-8H,3-6H2;6-7H,1-5H2;1-6H2;1-5H2;1-4H2. The fourth-order valence-electron chi connectivity index (χ4n) is 11.2. The molecule has 9 fully saturated rings. The number of rotatable bonds is 3. The van der Waals surface area contributed by atoms with E-state index >= 15 is 0 Å². The van der Waals surface area contributed by atoms with Gasteiger partial charge in [0.1, 0.15) is 0 Å². The lowest BCUT2D eigenvalue weighted by molar-refractivity contribution is 0.176. The number of fused-ring (bicyclic) bond motifs is 7. The monoisotopic (exact) mass is 847 g/mol. The molecule has 0 radical (unpaired) electrons. The third-order valence-electron chi connectivity index (χ3n) is 15.8. The number of hydrogen-bond donors (Lipinski definition) is 0. The van der Waals surface area contributed by atoms with E-state index in [1.54, 1.807) is 70.6 Å². The van der Waals surface area contributed by atoms with Crippen LogP contribution in [0.2, 0.25) is 0 Å². The van der Waals surface area contributed by atoms with Gasteiger partial charge >= 0.3 is 0 Å². The van der Waals surface area contributed by atoms with E-state index in [9.17, 15) is 0 Å². The first-order valence-corrected chi connectivity index (χ1v) is 27.1. The third-order valence-corrected chi connectivity index (χ3v) is 15.8. The van der Waals surface area contributed by atoms with Crippen molar-refractivity contribution in [3.05, 3.63) is 145 Å². The molecule has 342 valence electrons. The molecule has 4 aromatic carbocycles. The molecule has 0 aromatic heterocycles. The summed E-state index contributed by atoms with van der Waals surface area (Å²) in [4.78, 5) is 0. The summed E-state index contributed by atoms with van der Waals surface area (Å²) in [7, 11) is 0. The molecular weight excluding hydrogens is 757 g/mol. The van der Waals surface area contributed by atoms with Crippen molar-refractivity contribution < 1.29 is 0 Å². The minimum Gasteiger partial charge on any atom is -0.0851 e. The number of benzene rings is 4. The summed E-state index contributed by atoms with van der Waals surface area (Å²) in [5.41, 5.74) is 5.29. The van der Waals surface area contributed by atoms with Crippen LogP contribution in [0, 0.1) is 35.5 Å². The van der Waals surface area contributed by atoms with Gasteiger partial charge in [0.25, 0.3) is 0 Å². The van der Waals surface area contributed by atoms with Crippen molar-refractivity contribution in [3.8, 4) is 11.1 Å². The van der Waals surface area contributed by atoms with E-state index in [-0.39, 0.29) is 0 Å². The minimum absolute atomic E-state index is 0.972. The highest BCUT2D eigenvalue weighted by Crippen LogP contribution is 2.44. The Balaban J connectivity index is 0.000000123. The zero-order chi connectivity index (χ0) is 43.3. The Morgan fingerprint density at radius 2 is 0.492 bits per heavy atom. The summed E-state index contributed by atoms with van der Waals surface area (Å²) >= 11 is 0. The summed E-state index contributed by atoms with van der Waals surface area (Å²) in [5.74, 6) is 6.59. The summed E-state index contributed by atoms with van der Waals surface area (Å²) in [6, 6.07) is 41.8. The molecule has 15 rings (SSSR count). The quantitative estimate of drug-likeness (QED) is 0.180. The van der Waals surface area contributed by atoms with Crippen LogP contribution in [-0.2, 0) is 6.42 Å². The van der Waals surface area contributed by atoms with Gasteiger partial charge in [-0.2, -0.15) is 0 Å². The first-order chi connectivity index (χ1) is 31.3. The van der Waals surface area contributed by atoms with Crippen molar-refractivity contribution in [1.29, 1.82) is 0 Å². The van der Waals surface area contributed by atoms with Crippen LogP contribution in [0.1, 0.15) is 204 Å². The molecule has 4 aromatic rings. The molecule has 0 aliphatic heterocycles. The van der Waals surface area contributed by atoms with Gasteiger partial charge < -0.3 is 0 Å². The van der Waals surface area contributed by atoms with Gasteiger partial charge in [-0.3, -0.25) is 0 Å². The molecule has 0 spiro atoms. The topological polar surface area (TPSA) is 0 Å². The second kappa shape index (κ2) is 30.7. The first-order valence-electron chi connectivity index (χ1n) is 27.1. The van der Waals surface area contributed by atoms with Gasteiger partial charge in [0.15, 0.2) is 0 Å². The lowest BCUT2D eigenvalue weighted by Crippen LogP contribution is -2.21. The van der Waals surface area contributed by atoms with E-state index in [2.05, 4.69) is 121 Å². The highest BCUT2D eigenvalue weighted by Gasteiger charge is 2.30. The smallest absolute Gasteiger partial charge is 0.00258 e. The summed E-state index contributed by atoms with van der Waals surface area (Å²) in [5, 5.41) is 0. The summed E-state index contributed by atoms with van der Waals surface area (Å²) in [6.07, 6.45) is 51.4. The van der Waals surface area contributed by atoms with Gasteiger partial charge in [0.05, 0.1) is 0 Å². The van der Waals surface area contributed by atoms with Crippen LogP contribution in [0.5, 0.6) is 0 Å².